The molecule has 8 heteroatoms. The SMILES string of the molecule is COC(=O)C(=O)c1c(-c2cccc(S(=O)(=O)NC3CCCCC3)c2)[nH]c2ccccc12. The summed E-state index contributed by atoms with van der Waals surface area (Å²) in [7, 11) is -2.56. The second kappa shape index (κ2) is 8.64. The highest BCUT2D eigenvalue weighted by atomic mass is 32.2. The molecule has 1 fully saturated rings. The minimum absolute atomic E-state index is 0.0630. The molecule has 1 heterocycles. The van der Waals surface area contributed by atoms with Gasteiger partial charge in [-0.2, -0.15) is 0 Å². The summed E-state index contributed by atoms with van der Waals surface area (Å²) in [5, 5.41) is 0.571. The van der Waals surface area contributed by atoms with Crippen LogP contribution in [-0.4, -0.2) is 38.3 Å². The number of carbonyl (C=O) groups excluding carboxylic acids is 2. The van der Waals surface area contributed by atoms with Crippen LogP contribution in [0.15, 0.2) is 53.4 Å². The number of esters is 1. The lowest BCUT2D eigenvalue weighted by Crippen LogP contribution is -2.36. The molecule has 1 saturated carbocycles. The van der Waals surface area contributed by atoms with Crippen LogP contribution in [0, 0.1) is 0 Å². The Balaban J connectivity index is 1.77. The number of hydrogen-bond donors (Lipinski definition) is 2. The van der Waals surface area contributed by atoms with Crippen LogP contribution in [0.5, 0.6) is 0 Å². The predicted octanol–water partition coefficient (Wildman–Crippen LogP) is 3.80. The number of sulfonamides is 1. The van der Waals surface area contributed by atoms with E-state index in [1.165, 1.54) is 12.1 Å². The van der Waals surface area contributed by atoms with Crippen LogP contribution in [0.3, 0.4) is 0 Å². The molecule has 2 N–H and O–H groups in total. The third-order valence-electron chi connectivity index (χ3n) is 5.66. The Morgan fingerprint density at radius 2 is 1.77 bits per heavy atom. The van der Waals surface area contributed by atoms with E-state index in [1.54, 1.807) is 30.3 Å². The van der Waals surface area contributed by atoms with Crippen LogP contribution in [-0.2, 0) is 19.6 Å². The maximum atomic E-state index is 13.0. The standard InChI is InChI=1S/C23H24N2O5S/c1-30-23(27)22(26)20-18-12-5-6-13-19(18)24-21(20)15-8-7-11-17(14-15)31(28,29)25-16-9-3-2-4-10-16/h5-8,11-14,16,24-25H,2-4,9-10H2,1H3. The number of carbonyl (C=O) groups is 2. The predicted molar refractivity (Wildman–Crippen MR) is 117 cm³/mol. The van der Waals surface area contributed by atoms with Crippen molar-refractivity contribution in [2.45, 2.75) is 43.0 Å². The van der Waals surface area contributed by atoms with Crippen molar-refractivity contribution in [3.8, 4) is 11.3 Å². The summed E-state index contributed by atoms with van der Waals surface area (Å²) in [5.74, 6) is -1.77. The molecule has 1 aliphatic carbocycles. The first-order chi connectivity index (χ1) is 14.9. The molecule has 31 heavy (non-hydrogen) atoms. The fourth-order valence-electron chi connectivity index (χ4n) is 4.12. The van der Waals surface area contributed by atoms with E-state index in [-0.39, 0.29) is 16.5 Å². The summed E-state index contributed by atoms with van der Waals surface area (Å²) in [4.78, 5) is 28.0. The van der Waals surface area contributed by atoms with Gasteiger partial charge < -0.3 is 9.72 Å². The van der Waals surface area contributed by atoms with Crippen molar-refractivity contribution in [3.05, 3.63) is 54.1 Å². The van der Waals surface area contributed by atoms with Crippen molar-refractivity contribution in [2.75, 3.05) is 7.11 Å². The Morgan fingerprint density at radius 1 is 1.03 bits per heavy atom. The summed E-state index contributed by atoms with van der Waals surface area (Å²) in [5.41, 5.74) is 1.71. The number of benzene rings is 2. The first-order valence-corrected chi connectivity index (χ1v) is 11.7. The highest BCUT2D eigenvalue weighted by Crippen LogP contribution is 2.32. The van der Waals surface area contributed by atoms with E-state index in [1.807, 2.05) is 6.07 Å². The normalized spacial score (nSPS) is 15.1. The van der Waals surface area contributed by atoms with E-state index in [0.29, 0.717) is 22.2 Å². The quantitative estimate of drug-likeness (QED) is 0.345. The fourth-order valence-corrected chi connectivity index (χ4v) is 5.47. The number of aromatic amines is 1. The third kappa shape index (κ3) is 4.26. The van der Waals surface area contributed by atoms with Gasteiger partial charge in [0.25, 0.3) is 5.78 Å². The van der Waals surface area contributed by atoms with Crippen LogP contribution in [0.4, 0.5) is 0 Å². The Hall–Kier alpha value is -2.97. The van der Waals surface area contributed by atoms with Crippen molar-refractivity contribution in [3.63, 3.8) is 0 Å². The van der Waals surface area contributed by atoms with Gasteiger partial charge >= 0.3 is 5.97 Å². The molecule has 0 saturated heterocycles. The molecule has 0 radical (unpaired) electrons. The van der Waals surface area contributed by atoms with Gasteiger partial charge in [0, 0.05) is 22.5 Å². The molecular formula is C23H24N2O5S. The Kier molecular flexibility index (Phi) is 5.93. The van der Waals surface area contributed by atoms with Crippen molar-refractivity contribution < 1.29 is 22.7 Å². The number of nitrogens with one attached hydrogen (secondary N) is 2. The lowest BCUT2D eigenvalue weighted by atomic mass is 9.96. The van der Waals surface area contributed by atoms with E-state index in [2.05, 4.69) is 14.4 Å². The van der Waals surface area contributed by atoms with Gasteiger partial charge in [0.1, 0.15) is 0 Å². The molecule has 3 aromatic rings. The highest BCUT2D eigenvalue weighted by molar-refractivity contribution is 7.89. The van der Waals surface area contributed by atoms with Gasteiger partial charge in [0.2, 0.25) is 10.0 Å². The molecule has 4 rings (SSSR count). The Morgan fingerprint density at radius 3 is 2.52 bits per heavy atom. The average molecular weight is 441 g/mol. The number of hydrogen-bond acceptors (Lipinski definition) is 5. The minimum Gasteiger partial charge on any atom is -0.463 e. The van der Waals surface area contributed by atoms with E-state index in [4.69, 9.17) is 0 Å². The number of ether oxygens (including phenoxy) is 1. The van der Waals surface area contributed by atoms with Crippen LogP contribution < -0.4 is 4.72 Å². The lowest BCUT2D eigenvalue weighted by Gasteiger charge is -2.22. The van der Waals surface area contributed by atoms with Crippen LogP contribution in [0.1, 0.15) is 42.5 Å². The Bertz CT molecular complexity index is 1240. The van der Waals surface area contributed by atoms with Gasteiger partial charge in [0.05, 0.1) is 23.3 Å². The highest BCUT2D eigenvalue weighted by Gasteiger charge is 2.27. The van der Waals surface area contributed by atoms with Gasteiger partial charge in [-0.05, 0) is 31.0 Å². The maximum absolute atomic E-state index is 13.0. The molecule has 0 bridgehead atoms. The first kappa shape index (κ1) is 21.3. The largest absolute Gasteiger partial charge is 0.463 e. The molecule has 0 unspecified atom stereocenters. The average Bonchev–Trinajstić information content (AvgIpc) is 3.18. The summed E-state index contributed by atoms with van der Waals surface area (Å²) in [6.45, 7) is 0. The van der Waals surface area contributed by atoms with E-state index < -0.39 is 21.8 Å². The first-order valence-electron chi connectivity index (χ1n) is 10.3. The summed E-state index contributed by atoms with van der Waals surface area (Å²) in [6, 6.07) is 13.4. The summed E-state index contributed by atoms with van der Waals surface area (Å²) < 4.78 is 33.4. The second-order valence-corrected chi connectivity index (χ2v) is 9.44. The molecule has 0 aliphatic heterocycles. The summed E-state index contributed by atoms with van der Waals surface area (Å²) >= 11 is 0. The van der Waals surface area contributed by atoms with Crippen LogP contribution in [0.25, 0.3) is 22.2 Å². The number of ketones is 1. The zero-order valence-corrected chi connectivity index (χ0v) is 18.0. The monoisotopic (exact) mass is 440 g/mol. The minimum atomic E-state index is -3.72. The molecule has 162 valence electrons. The number of fused-ring (bicyclic) bond motifs is 1. The molecular weight excluding hydrogens is 416 g/mol. The van der Waals surface area contributed by atoms with E-state index in [0.717, 1.165) is 39.2 Å². The number of Topliss-reactive ketones (excluding diaryl/α,β-unsaturated/α-hetero) is 1. The van der Waals surface area contributed by atoms with Crippen molar-refractivity contribution in [1.29, 1.82) is 0 Å². The zero-order valence-electron chi connectivity index (χ0n) is 17.2. The molecule has 1 aromatic heterocycles. The number of methoxy groups -OCH3 is 1. The molecule has 0 amide bonds. The van der Waals surface area contributed by atoms with Crippen LogP contribution in [0.2, 0.25) is 0 Å². The molecule has 0 spiro atoms. The van der Waals surface area contributed by atoms with Gasteiger partial charge in [-0.1, -0.05) is 49.6 Å². The van der Waals surface area contributed by atoms with Gasteiger partial charge in [0.15, 0.2) is 0 Å². The number of aromatic nitrogens is 1. The zero-order chi connectivity index (χ0) is 22.0. The van der Waals surface area contributed by atoms with Crippen LogP contribution >= 0.6 is 0 Å². The maximum Gasteiger partial charge on any atom is 0.379 e. The number of para-hydroxylation sites is 1. The summed E-state index contributed by atoms with van der Waals surface area (Å²) in [6.07, 6.45) is 4.82. The van der Waals surface area contributed by atoms with Crippen molar-refractivity contribution >= 4 is 32.7 Å². The van der Waals surface area contributed by atoms with Gasteiger partial charge in [-0.3, -0.25) is 4.79 Å². The third-order valence-corrected chi connectivity index (χ3v) is 7.18. The number of H-pyrrole nitrogens is 1. The van der Waals surface area contributed by atoms with Gasteiger partial charge in [-0.15, -0.1) is 0 Å². The van der Waals surface area contributed by atoms with E-state index in [9.17, 15) is 18.0 Å². The van der Waals surface area contributed by atoms with E-state index >= 15 is 0 Å². The van der Waals surface area contributed by atoms with Crippen molar-refractivity contribution in [2.24, 2.45) is 0 Å². The smallest absolute Gasteiger partial charge is 0.379 e. The topological polar surface area (TPSA) is 105 Å². The molecule has 1 aliphatic rings. The molecule has 2 aromatic carbocycles. The second-order valence-electron chi connectivity index (χ2n) is 7.73. The fraction of sp³-hybridized carbons (Fsp3) is 0.304. The van der Waals surface area contributed by atoms with Gasteiger partial charge in [-0.25, -0.2) is 17.9 Å². The molecule has 0 atom stereocenters. The van der Waals surface area contributed by atoms with Crippen molar-refractivity contribution in [1.82, 2.24) is 9.71 Å². The number of rotatable bonds is 6. The molecule has 7 nitrogen and oxygen atoms in total. The Labute approximate surface area is 180 Å². The lowest BCUT2D eigenvalue weighted by molar-refractivity contribution is -0.135.